The van der Waals surface area contributed by atoms with Gasteiger partial charge in [-0.15, -0.1) is 0 Å². The number of hydrogen-bond acceptors (Lipinski definition) is 4. The van der Waals surface area contributed by atoms with Gasteiger partial charge in [0.25, 0.3) is 0 Å². The number of nitrogens with one attached hydrogen (secondary N) is 1. The maximum absolute atomic E-state index is 13.3. The maximum atomic E-state index is 13.3. The van der Waals surface area contributed by atoms with Crippen LogP contribution in [-0.4, -0.2) is 32.8 Å². The van der Waals surface area contributed by atoms with Gasteiger partial charge in [0.05, 0.1) is 5.39 Å². The van der Waals surface area contributed by atoms with Crippen molar-refractivity contribution in [2.75, 3.05) is 0 Å². The van der Waals surface area contributed by atoms with Crippen molar-refractivity contribution in [2.45, 2.75) is 51.1 Å². The summed E-state index contributed by atoms with van der Waals surface area (Å²) in [7, 11) is 0. The Kier molecular flexibility index (Phi) is 4.59. The van der Waals surface area contributed by atoms with Crippen molar-refractivity contribution < 1.29 is 18.3 Å². The Hall–Kier alpha value is -2.31. The number of aromatic nitrogens is 3. The second kappa shape index (κ2) is 6.67. The van der Waals surface area contributed by atoms with Gasteiger partial charge in [0.2, 0.25) is 11.8 Å². The Morgan fingerprint density at radius 2 is 2.17 bits per heavy atom. The molecule has 0 bridgehead atoms. The molecule has 0 aromatic carbocycles. The summed E-state index contributed by atoms with van der Waals surface area (Å²) < 4.78 is 32.4. The SMILES string of the molecule is CCC(=O)C=Cc1c[nH]c2ncnc(OC3CCC(F)(F)CC3)c12. The molecular formula is C17H19F2N3O2. The molecule has 5 nitrogen and oxygen atoms in total. The van der Waals surface area contributed by atoms with Gasteiger partial charge in [0, 0.05) is 31.0 Å². The second-order valence-electron chi connectivity index (χ2n) is 5.97. The van der Waals surface area contributed by atoms with Gasteiger partial charge in [-0.3, -0.25) is 4.79 Å². The number of carbonyl (C=O) groups is 1. The molecule has 0 radical (unpaired) electrons. The van der Waals surface area contributed by atoms with Crippen LogP contribution in [0.4, 0.5) is 8.78 Å². The van der Waals surface area contributed by atoms with Crippen molar-refractivity contribution in [3.8, 4) is 5.88 Å². The third kappa shape index (κ3) is 3.60. The average Bonchev–Trinajstić information content (AvgIpc) is 2.99. The summed E-state index contributed by atoms with van der Waals surface area (Å²) in [5, 5.41) is 0.662. The van der Waals surface area contributed by atoms with E-state index < -0.39 is 5.92 Å². The molecule has 0 spiro atoms. The lowest BCUT2D eigenvalue weighted by Gasteiger charge is -2.28. The van der Waals surface area contributed by atoms with Crippen LogP contribution in [0.25, 0.3) is 17.1 Å². The van der Waals surface area contributed by atoms with Crippen LogP contribution in [-0.2, 0) is 4.79 Å². The Balaban J connectivity index is 1.84. The highest BCUT2D eigenvalue weighted by Gasteiger charge is 2.36. The zero-order valence-corrected chi connectivity index (χ0v) is 13.4. The summed E-state index contributed by atoms with van der Waals surface area (Å²) in [5.41, 5.74) is 1.33. The first-order valence-electron chi connectivity index (χ1n) is 8.06. The van der Waals surface area contributed by atoms with Crippen molar-refractivity contribution in [3.05, 3.63) is 24.2 Å². The van der Waals surface area contributed by atoms with Crippen molar-refractivity contribution in [1.82, 2.24) is 15.0 Å². The van der Waals surface area contributed by atoms with Crippen LogP contribution < -0.4 is 4.74 Å². The van der Waals surface area contributed by atoms with Gasteiger partial charge in [-0.25, -0.2) is 18.7 Å². The third-order valence-electron chi connectivity index (χ3n) is 4.21. The van der Waals surface area contributed by atoms with Crippen LogP contribution in [0.3, 0.4) is 0 Å². The van der Waals surface area contributed by atoms with E-state index in [1.165, 1.54) is 12.4 Å². The number of aromatic amines is 1. The fraction of sp³-hybridized carbons (Fsp3) is 0.471. The van der Waals surface area contributed by atoms with Gasteiger partial charge in [-0.05, 0) is 25.0 Å². The van der Waals surface area contributed by atoms with Crippen LogP contribution in [0.2, 0.25) is 0 Å². The highest BCUT2D eigenvalue weighted by atomic mass is 19.3. The lowest BCUT2D eigenvalue weighted by molar-refractivity contribution is -0.114. The van der Waals surface area contributed by atoms with E-state index in [0.717, 1.165) is 5.56 Å². The summed E-state index contributed by atoms with van der Waals surface area (Å²) in [6.07, 6.45) is 6.67. The standard InChI is InChI=1S/C17H19F2N3O2/c1-2-12(23)4-3-11-9-20-15-14(11)16(22-10-21-15)24-13-5-7-17(18,19)8-6-13/h3-4,9-10,13H,2,5-8H2,1H3,(H,20,21,22). The van der Waals surface area contributed by atoms with E-state index in [1.54, 1.807) is 19.2 Å². The highest BCUT2D eigenvalue weighted by molar-refractivity contribution is 5.97. The van der Waals surface area contributed by atoms with Crippen molar-refractivity contribution in [3.63, 3.8) is 0 Å². The number of alkyl halides is 2. The van der Waals surface area contributed by atoms with E-state index in [2.05, 4.69) is 15.0 Å². The smallest absolute Gasteiger partial charge is 0.248 e. The van der Waals surface area contributed by atoms with E-state index in [-0.39, 0.29) is 24.7 Å². The van der Waals surface area contributed by atoms with Gasteiger partial charge in [-0.1, -0.05) is 6.92 Å². The van der Waals surface area contributed by atoms with Crippen LogP contribution >= 0.6 is 0 Å². The minimum atomic E-state index is -2.59. The predicted octanol–water partition coefficient (Wildman–Crippen LogP) is 3.91. The monoisotopic (exact) mass is 335 g/mol. The molecule has 1 fully saturated rings. The molecule has 1 saturated carbocycles. The number of rotatable bonds is 5. The summed E-state index contributed by atoms with van der Waals surface area (Å²) >= 11 is 0. The number of H-pyrrole nitrogens is 1. The lowest BCUT2D eigenvalue weighted by atomic mass is 9.94. The predicted molar refractivity (Wildman–Crippen MR) is 86.1 cm³/mol. The highest BCUT2D eigenvalue weighted by Crippen LogP contribution is 2.36. The van der Waals surface area contributed by atoms with E-state index in [9.17, 15) is 13.6 Å². The first-order valence-corrected chi connectivity index (χ1v) is 8.06. The van der Waals surface area contributed by atoms with Gasteiger partial charge in [0.1, 0.15) is 18.1 Å². The normalized spacial score (nSPS) is 18.3. The quantitative estimate of drug-likeness (QED) is 0.841. The molecule has 2 aromatic rings. The number of hydrogen-bond donors (Lipinski definition) is 1. The zero-order valence-electron chi connectivity index (χ0n) is 13.4. The summed E-state index contributed by atoms with van der Waals surface area (Å²) in [5.74, 6) is -2.22. The fourth-order valence-electron chi connectivity index (χ4n) is 2.77. The number of carbonyl (C=O) groups excluding carboxylic acids is 1. The largest absolute Gasteiger partial charge is 0.474 e. The molecular weight excluding hydrogens is 316 g/mol. The molecule has 7 heteroatoms. The number of ketones is 1. The molecule has 0 aliphatic heterocycles. The number of fused-ring (bicyclic) bond motifs is 1. The van der Waals surface area contributed by atoms with Gasteiger partial charge >= 0.3 is 0 Å². The zero-order chi connectivity index (χ0) is 17.2. The Bertz CT molecular complexity index is 760. The molecule has 1 aliphatic carbocycles. The van der Waals surface area contributed by atoms with Crippen molar-refractivity contribution in [2.24, 2.45) is 0 Å². The molecule has 0 saturated heterocycles. The van der Waals surface area contributed by atoms with E-state index in [1.807, 2.05) is 0 Å². The van der Waals surface area contributed by atoms with Gasteiger partial charge in [0.15, 0.2) is 5.78 Å². The topological polar surface area (TPSA) is 67.9 Å². The van der Waals surface area contributed by atoms with E-state index >= 15 is 0 Å². The van der Waals surface area contributed by atoms with Gasteiger partial charge in [-0.2, -0.15) is 0 Å². The molecule has 1 aliphatic rings. The minimum Gasteiger partial charge on any atom is -0.474 e. The van der Waals surface area contributed by atoms with Crippen LogP contribution in [0.1, 0.15) is 44.6 Å². The summed E-state index contributed by atoms with van der Waals surface area (Å²) in [4.78, 5) is 22.8. The summed E-state index contributed by atoms with van der Waals surface area (Å²) in [6, 6.07) is 0. The molecule has 128 valence electrons. The molecule has 2 aromatic heterocycles. The Labute approximate surface area is 138 Å². The molecule has 0 unspecified atom stereocenters. The molecule has 3 rings (SSSR count). The fourth-order valence-corrected chi connectivity index (χ4v) is 2.77. The van der Waals surface area contributed by atoms with Gasteiger partial charge < -0.3 is 9.72 Å². The molecule has 0 amide bonds. The van der Waals surface area contributed by atoms with Crippen molar-refractivity contribution in [1.29, 1.82) is 0 Å². The Morgan fingerprint density at radius 1 is 1.42 bits per heavy atom. The Morgan fingerprint density at radius 3 is 2.88 bits per heavy atom. The minimum absolute atomic E-state index is 0.0122. The first-order chi connectivity index (χ1) is 11.5. The number of halogens is 2. The average molecular weight is 335 g/mol. The maximum Gasteiger partial charge on any atom is 0.248 e. The lowest BCUT2D eigenvalue weighted by Crippen LogP contribution is -2.31. The number of nitrogens with zero attached hydrogens (tertiary/aromatic N) is 2. The molecule has 0 atom stereocenters. The van der Waals surface area contributed by atoms with Crippen LogP contribution in [0.15, 0.2) is 18.6 Å². The van der Waals surface area contributed by atoms with Crippen LogP contribution in [0, 0.1) is 0 Å². The van der Waals surface area contributed by atoms with E-state index in [4.69, 9.17) is 4.74 Å². The van der Waals surface area contributed by atoms with Crippen molar-refractivity contribution >= 4 is 22.9 Å². The molecule has 1 N–H and O–H groups in total. The second-order valence-corrected chi connectivity index (χ2v) is 5.97. The number of ether oxygens (including phenoxy) is 1. The molecule has 2 heterocycles. The van der Waals surface area contributed by atoms with Crippen LogP contribution in [0.5, 0.6) is 5.88 Å². The summed E-state index contributed by atoms with van der Waals surface area (Å²) in [6.45, 7) is 1.79. The first kappa shape index (κ1) is 16.5. The third-order valence-corrected chi connectivity index (χ3v) is 4.21. The number of allylic oxidation sites excluding steroid dienone is 1. The van der Waals surface area contributed by atoms with E-state index in [0.29, 0.717) is 36.2 Å². The molecule has 24 heavy (non-hydrogen) atoms.